The Balaban J connectivity index is 1.40. The molecule has 1 aliphatic rings. The number of nitrogens with zero attached hydrogens (tertiary/aromatic N) is 4. The zero-order chi connectivity index (χ0) is 20.1. The lowest BCUT2D eigenvalue weighted by molar-refractivity contribution is 0.402. The van der Waals surface area contributed by atoms with Crippen molar-refractivity contribution in [3.63, 3.8) is 0 Å². The Morgan fingerprint density at radius 1 is 1.00 bits per heavy atom. The topological polar surface area (TPSA) is 53.9 Å². The number of hydrogen-bond donors (Lipinski definition) is 1. The number of para-hydroxylation sites is 1. The second-order valence-electron chi connectivity index (χ2n) is 8.13. The van der Waals surface area contributed by atoms with Gasteiger partial charge in [-0.15, -0.1) is 5.10 Å². The maximum atomic E-state index is 4.74. The highest BCUT2D eigenvalue weighted by Gasteiger charge is 2.21. The third-order valence-electron chi connectivity index (χ3n) is 5.68. The van der Waals surface area contributed by atoms with Crippen LogP contribution in [0.2, 0.25) is 0 Å². The van der Waals surface area contributed by atoms with Gasteiger partial charge >= 0.3 is 0 Å². The molecule has 1 N–H and O–H groups in total. The lowest BCUT2D eigenvalue weighted by atomic mass is 9.90. The summed E-state index contributed by atoms with van der Waals surface area (Å²) >= 11 is 0. The van der Waals surface area contributed by atoms with Crippen LogP contribution in [-0.2, 0) is 6.42 Å². The fourth-order valence-corrected chi connectivity index (χ4v) is 4.05. The molecule has 1 aromatic heterocycles. The summed E-state index contributed by atoms with van der Waals surface area (Å²) < 4.78 is 0. The minimum atomic E-state index is 0.429. The monoisotopic (exact) mass is 387 g/mol. The van der Waals surface area contributed by atoms with E-state index < -0.39 is 0 Å². The highest BCUT2D eigenvalue weighted by atomic mass is 15.3. The van der Waals surface area contributed by atoms with E-state index in [0.29, 0.717) is 11.9 Å². The summed E-state index contributed by atoms with van der Waals surface area (Å²) in [5.74, 6) is 2.63. The first-order valence-electron chi connectivity index (χ1n) is 10.5. The van der Waals surface area contributed by atoms with Crippen LogP contribution in [0.1, 0.15) is 43.7 Å². The van der Waals surface area contributed by atoms with E-state index in [1.165, 1.54) is 24.0 Å². The van der Waals surface area contributed by atoms with Gasteiger partial charge in [-0.2, -0.15) is 10.1 Å². The lowest BCUT2D eigenvalue weighted by Crippen LogP contribution is -2.35. The van der Waals surface area contributed by atoms with E-state index in [2.05, 4.69) is 82.8 Å². The van der Waals surface area contributed by atoms with Crippen LogP contribution in [0, 0.1) is 5.92 Å². The van der Waals surface area contributed by atoms with Crippen molar-refractivity contribution >= 4 is 17.5 Å². The van der Waals surface area contributed by atoms with E-state index in [0.717, 1.165) is 36.9 Å². The molecule has 0 radical (unpaired) electrons. The predicted octanol–water partition coefficient (Wildman–Crippen LogP) is 5.20. The first-order valence-corrected chi connectivity index (χ1v) is 10.5. The van der Waals surface area contributed by atoms with Gasteiger partial charge in [-0.25, -0.2) is 0 Å². The molecular weight excluding hydrogens is 358 g/mol. The van der Waals surface area contributed by atoms with Crippen LogP contribution in [0.4, 0.5) is 17.5 Å². The number of benzene rings is 2. The summed E-state index contributed by atoms with van der Waals surface area (Å²) in [6.07, 6.45) is 5.29. The maximum Gasteiger partial charge on any atom is 0.249 e. The predicted molar refractivity (Wildman–Crippen MR) is 119 cm³/mol. The molecule has 5 nitrogen and oxygen atoms in total. The molecule has 0 amide bonds. The van der Waals surface area contributed by atoms with E-state index in [9.17, 15) is 0 Å². The molecule has 0 unspecified atom stereocenters. The molecule has 4 rings (SSSR count). The zero-order valence-electron chi connectivity index (χ0n) is 17.3. The number of aromatic nitrogens is 3. The summed E-state index contributed by atoms with van der Waals surface area (Å²) in [6, 6.07) is 19.1. The van der Waals surface area contributed by atoms with Crippen molar-refractivity contribution in [2.75, 3.05) is 23.3 Å². The summed E-state index contributed by atoms with van der Waals surface area (Å²) in [7, 11) is 0. The van der Waals surface area contributed by atoms with Gasteiger partial charge in [0.2, 0.25) is 5.95 Å². The SMILES string of the molecule is CC(C)c1ccccc1Nc1nncc(N2CCC(Cc3ccccc3)CC2)n1. The average Bonchev–Trinajstić information content (AvgIpc) is 2.75. The number of rotatable bonds is 6. The van der Waals surface area contributed by atoms with Gasteiger partial charge < -0.3 is 10.2 Å². The first kappa shape index (κ1) is 19.4. The van der Waals surface area contributed by atoms with Crippen molar-refractivity contribution < 1.29 is 0 Å². The molecule has 0 saturated carbocycles. The van der Waals surface area contributed by atoms with Crippen molar-refractivity contribution in [3.8, 4) is 0 Å². The molecule has 1 saturated heterocycles. The van der Waals surface area contributed by atoms with E-state index >= 15 is 0 Å². The Bertz CT molecular complexity index is 917. The molecule has 0 atom stereocenters. The minimum absolute atomic E-state index is 0.429. The first-order chi connectivity index (χ1) is 14.2. The largest absolute Gasteiger partial charge is 0.355 e. The molecule has 0 spiro atoms. The van der Waals surface area contributed by atoms with Crippen LogP contribution in [-0.4, -0.2) is 28.3 Å². The molecule has 150 valence electrons. The van der Waals surface area contributed by atoms with E-state index in [-0.39, 0.29) is 0 Å². The molecule has 1 aliphatic heterocycles. The highest BCUT2D eigenvalue weighted by Crippen LogP contribution is 2.27. The Hall–Kier alpha value is -2.95. The Labute approximate surface area is 173 Å². The second kappa shape index (κ2) is 9.03. The van der Waals surface area contributed by atoms with Crippen LogP contribution < -0.4 is 10.2 Å². The minimum Gasteiger partial charge on any atom is -0.355 e. The van der Waals surface area contributed by atoms with Crippen molar-refractivity contribution in [1.82, 2.24) is 15.2 Å². The third kappa shape index (κ3) is 4.91. The number of anilines is 3. The van der Waals surface area contributed by atoms with Gasteiger partial charge in [-0.05, 0) is 48.3 Å². The Kier molecular flexibility index (Phi) is 6.03. The van der Waals surface area contributed by atoms with Gasteiger partial charge in [0.25, 0.3) is 0 Å². The van der Waals surface area contributed by atoms with Gasteiger partial charge in [0.15, 0.2) is 5.82 Å². The molecule has 1 fully saturated rings. The summed E-state index contributed by atoms with van der Waals surface area (Å²) in [5.41, 5.74) is 3.73. The maximum absolute atomic E-state index is 4.74. The normalized spacial score (nSPS) is 14.9. The quantitative estimate of drug-likeness (QED) is 0.630. The van der Waals surface area contributed by atoms with Crippen LogP contribution in [0.15, 0.2) is 60.8 Å². The standard InChI is InChI=1S/C24H29N5/c1-18(2)21-10-6-7-11-22(21)26-24-27-23(17-25-28-24)29-14-12-20(13-15-29)16-19-8-4-3-5-9-19/h3-11,17-18,20H,12-16H2,1-2H3,(H,26,27,28). The summed E-state index contributed by atoms with van der Waals surface area (Å²) in [4.78, 5) is 7.07. The fraction of sp³-hybridized carbons (Fsp3) is 0.375. The number of nitrogens with one attached hydrogen (secondary N) is 1. The van der Waals surface area contributed by atoms with Crippen molar-refractivity contribution in [3.05, 3.63) is 71.9 Å². The number of piperidine rings is 1. The molecule has 2 heterocycles. The van der Waals surface area contributed by atoms with Crippen LogP contribution in [0.5, 0.6) is 0 Å². The molecule has 0 bridgehead atoms. The molecule has 29 heavy (non-hydrogen) atoms. The van der Waals surface area contributed by atoms with Gasteiger partial charge in [0, 0.05) is 18.8 Å². The highest BCUT2D eigenvalue weighted by molar-refractivity contribution is 5.60. The van der Waals surface area contributed by atoms with Gasteiger partial charge in [-0.3, -0.25) is 0 Å². The van der Waals surface area contributed by atoms with Crippen molar-refractivity contribution in [2.45, 2.75) is 39.0 Å². The summed E-state index contributed by atoms with van der Waals surface area (Å²) in [5, 5.41) is 11.8. The third-order valence-corrected chi connectivity index (χ3v) is 5.68. The lowest BCUT2D eigenvalue weighted by Gasteiger charge is -2.32. The van der Waals surface area contributed by atoms with Crippen LogP contribution >= 0.6 is 0 Å². The Morgan fingerprint density at radius 2 is 1.72 bits per heavy atom. The van der Waals surface area contributed by atoms with Gasteiger partial charge in [-0.1, -0.05) is 62.4 Å². The van der Waals surface area contributed by atoms with Crippen LogP contribution in [0.3, 0.4) is 0 Å². The van der Waals surface area contributed by atoms with Gasteiger partial charge in [0.05, 0.1) is 6.20 Å². The van der Waals surface area contributed by atoms with Crippen LogP contribution in [0.25, 0.3) is 0 Å². The smallest absolute Gasteiger partial charge is 0.249 e. The summed E-state index contributed by atoms with van der Waals surface area (Å²) in [6.45, 7) is 6.40. The molecule has 2 aromatic carbocycles. The van der Waals surface area contributed by atoms with E-state index in [1.807, 2.05) is 6.07 Å². The van der Waals surface area contributed by atoms with Crippen molar-refractivity contribution in [1.29, 1.82) is 0 Å². The average molecular weight is 388 g/mol. The molecule has 5 heteroatoms. The fourth-order valence-electron chi connectivity index (χ4n) is 4.05. The Morgan fingerprint density at radius 3 is 2.48 bits per heavy atom. The van der Waals surface area contributed by atoms with Crippen molar-refractivity contribution in [2.24, 2.45) is 5.92 Å². The van der Waals surface area contributed by atoms with E-state index in [4.69, 9.17) is 4.98 Å². The van der Waals surface area contributed by atoms with E-state index in [1.54, 1.807) is 6.20 Å². The molecule has 3 aromatic rings. The number of hydrogen-bond acceptors (Lipinski definition) is 5. The molecule has 0 aliphatic carbocycles. The zero-order valence-corrected chi connectivity index (χ0v) is 17.3. The van der Waals surface area contributed by atoms with Gasteiger partial charge in [0.1, 0.15) is 0 Å². The molecular formula is C24H29N5. The second-order valence-corrected chi connectivity index (χ2v) is 8.13.